The number of Topliss-reactive ketones (excluding diaryl/α,β-unsaturated/α-hetero) is 1. The summed E-state index contributed by atoms with van der Waals surface area (Å²) in [5.41, 5.74) is 1.98. The first-order valence-corrected chi connectivity index (χ1v) is 7.71. The molecule has 0 radical (unpaired) electrons. The van der Waals surface area contributed by atoms with Crippen molar-refractivity contribution in [3.63, 3.8) is 0 Å². The maximum Gasteiger partial charge on any atom is 0.203 e. The van der Waals surface area contributed by atoms with Gasteiger partial charge < -0.3 is 18.9 Å². The first kappa shape index (κ1) is 18.4. The Bertz CT molecular complexity index is 750. The monoisotopic (exact) mass is 342 g/mol. The maximum atomic E-state index is 12.8. The van der Waals surface area contributed by atoms with Crippen molar-refractivity contribution in [2.24, 2.45) is 0 Å². The van der Waals surface area contributed by atoms with Crippen molar-refractivity contribution in [2.75, 3.05) is 28.4 Å². The molecule has 0 aromatic heterocycles. The molecule has 0 saturated carbocycles. The van der Waals surface area contributed by atoms with Gasteiger partial charge in [-0.1, -0.05) is 12.1 Å². The molecule has 0 atom stereocenters. The highest BCUT2D eigenvalue weighted by Gasteiger charge is 2.17. The number of methoxy groups -OCH3 is 4. The highest BCUT2D eigenvalue weighted by Crippen LogP contribution is 2.38. The van der Waals surface area contributed by atoms with Crippen LogP contribution in [0, 0.1) is 0 Å². The number of ketones is 1. The molecule has 0 aliphatic heterocycles. The minimum Gasteiger partial charge on any atom is -0.497 e. The number of carbonyl (C=O) groups excluding carboxylic acids is 1. The van der Waals surface area contributed by atoms with Crippen LogP contribution in [0.3, 0.4) is 0 Å². The van der Waals surface area contributed by atoms with Gasteiger partial charge in [-0.15, -0.1) is 0 Å². The molecule has 0 spiro atoms. The molecule has 5 heteroatoms. The molecule has 0 aliphatic carbocycles. The third kappa shape index (κ3) is 4.12. The largest absolute Gasteiger partial charge is 0.497 e. The SMILES string of the molecule is COc1ccc(C=C(C)C(=O)c2cc(OC)c(OC)c(OC)c2)cc1. The van der Waals surface area contributed by atoms with Gasteiger partial charge in [0.25, 0.3) is 0 Å². The molecule has 0 aliphatic rings. The van der Waals surface area contributed by atoms with E-state index in [4.69, 9.17) is 18.9 Å². The summed E-state index contributed by atoms with van der Waals surface area (Å²) in [5, 5.41) is 0. The molecular weight excluding hydrogens is 320 g/mol. The second-order valence-electron chi connectivity index (χ2n) is 5.34. The molecule has 0 amide bonds. The summed E-state index contributed by atoms with van der Waals surface area (Å²) < 4.78 is 21.0. The fourth-order valence-corrected chi connectivity index (χ4v) is 2.46. The van der Waals surface area contributed by atoms with E-state index in [1.165, 1.54) is 21.3 Å². The zero-order chi connectivity index (χ0) is 18.4. The van der Waals surface area contributed by atoms with Crippen molar-refractivity contribution in [1.82, 2.24) is 0 Å². The van der Waals surface area contributed by atoms with E-state index < -0.39 is 0 Å². The lowest BCUT2D eigenvalue weighted by Crippen LogP contribution is -2.04. The predicted molar refractivity (Wildman–Crippen MR) is 97.1 cm³/mol. The molecule has 25 heavy (non-hydrogen) atoms. The van der Waals surface area contributed by atoms with E-state index >= 15 is 0 Å². The fourth-order valence-electron chi connectivity index (χ4n) is 2.46. The lowest BCUT2D eigenvalue weighted by atomic mass is 10.0. The maximum absolute atomic E-state index is 12.8. The van der Waals surface area contributed by atoms with Crippen LogP contribution in [0.25, 0.3) is 6.08 Å². The highest BCUT2D eigenvalue weighted by molar-refractivity contribution is 6.11. The van der Waals surface area contributed by atoms with Gasteiger partial charge >= 0.3 is 0 Å². The quantitative estimate of drug-likeness (QED) is 0.562. The van der Waals surface area contributed by atoms with Crippen LogP contribution in [-0.2, 0) is 0 Å². The molecule has 0 fully saturated rings. The van der Waals surface area contributed by atoms with Crippen LogP contribution in [0.15, 0.2) is 42.0 Å². The van der Waals surface area contributed by atoms with Crippen LogP contribution in [0.2, 0.25) is 0 Å². The minimum atomic E-state index is -0.116. The Hall–Kier alpha value is -2.95. The van der Waals surface area contributed by atoms with Gasteiger partial charge in [0.1, 0.15) is 5.75 Å². The van der Waals surface area contributed by atoms with Crippen LogP contribution >= 0.6 is 0 Å². The van der Waals surface area contributed by atoms with Gasteiger partial charge in [0.2, 0.25) is 5.75 Å². The van der Waals surface area contributed by atoms with E-state index in [-0.39, 0.29) is 5.78 Å². The number of hydrogen-bond donors (Lipinski definition) is 0. The molecule has 0 saturated heterocycles. The van der Waals surface area contributed by atoms with Crippen molar-refractivity contribution < 1.29 is 23.7 Å². The van der Waals surface area contributed by atoms with Crippen molar-refractivity contribution >= 4 is 11.9 Å². The summed E-state index contributed by atoms with van der Waals surface area (Å²) in [7, 11) is 6.18. The molecule has 2 aromatic carbocycles. The number of hydrogen-bond acceptors (Lipinski definition) is 5. The third-order valence-electron chi connectivity index (χ3n) is 3.78. The van der Waals surface area contributed by atoms with E-state index in [0.717, 1.165) is 11.3 Å². The minimum absolute atomic E-state index is 0.116. The molecular formula is C20H22O5. The van der Waals surface area contributed by atoms with Crippen molar-refractivity contribution in [3.8, 4) is 23.0 Å². The zero-order valence-corrected chi connectivity index (χ0v) is 15.1. The van der Waals surface area contributed by atoms with E-state index in [1.54, 1.807) is 26.2 Å². The number of benzene rings is 2. The van der Waals surface area contributed by atoms with Gasteiger partial charge in [0.15, 0.2) is 17.3 Å². The predicted octanol–water partition coefficient (Wildman–Crippen LogP) is 4.01. The second-order valence-corrected chi connectivity index (χ2v) is 5.34. The van der Waals surface area contributed by atoms with Crippen LogP contribution in [0.1, 0.15) is 22.8 Å². The van der Waals surface area contributed by atoms with E-state index in [2.05, 4.69) is 0 Å². The van der Waals surface area contributed by atoms with Gasteiger partial charge in [0.05, 0.1) is 28.4 Å². The van der Waals surface area contributed by atoms with Gasteiger partial charge in [-0.2, -0.15) is 0 Å². The molecule has 2 aromatic rings. The van der Waals surface area contributed by atoms with Crippen LogP contribution in [0.5, 0.6) is 23.0 Å². The first-order valence-electron chi connectivity index (χ1n) is 7.71. The fraction of sp³-hybridized carbons (Fsp3) is 0.250. The zero-order valence-electron chi connectivity index (χ0n) is 15.1. The Kier molecular flexibility index (Phi) is 6.06. The summed E-state index contributed by atoms with van der Waals surface area (Å²) in [5.74, 6) is 2.00. The molecule has 2 rings (SSSR count). The summed E-state index contributed by atoms with van der Waals surface area (Å²) >= 11 is 0. The Labute approximate surface area is 147 Å². The lowest BCUT2D eigenvalue weighted by molar-refractivity contribution is 0.103. The molecule has 0 unspecified atom stereocenters. The lowest BCUT2D eigenvalue weighted by Gasteiger charge is -2.13. The summed E-state index contributed by atoms with van der Waals surface area (Å²) in [4.78, 5) is 12.8. The van der Waals surface area contributed by atoms with Crippen LogP contribution < -0.4 is 18.9 Å². The smallest absolute Gasteiger partial charge is 0.203 e. The Morgan fingerprint density at radius 1 is 0.840 bits per heavy atom. The van der Waals surface area contributed by atoms with Crippen LogP contribution in [0.4, 0.5) is 0 Å². The van der Waals surface area contributed by atoms with Gasteiger partial charge in [-0.25, -0.2) is 0 Å². The van der Waals surface area contributed by atoms with Gasteiger partial charge in [-0.05, 0) is 48.4 Å². The molecule has 5 nitrogen and oxygen atoms in total. The topological polar surface area (TPSA) is 54.0 Å². The average molecular weight is 342 g/mol. The van der Waals surface area contributed by atoms with Crippen molar-refractivity contribution in [3.05, 3.63) is 53.1 Å². The first-order chi connectivity index (χ1) is 12.0. The number of rotatable bonds is 7. The average Bonchev–Trinajstić information content (AvgIpc) is 2.66. The molecule has 0 heterocycles. The molecule has 0 N–H and O–H groups in total. The van der Waals surface area contributed by atoms with Crippen molar-refractivity contribution in [2.45, 2.75) is 6.92 Å². The van der Waals surface area contributed by atoms with Crippen LogP contribution in [-0.4, -0.2) is 34.2 Å². The van der Waals surface area contributed by atoms with Crippen molar-refractivity contribution in [1.29, 1.82) is 0 Å². The molecule has 132 valence electrons. The Balaban J connectivity index is 2.36. The molecule has 0 bridgehead atoms. The normalized spacial score (nSPS) is 11.0. The highest BCUT2D eigenvalue weighted by atomic mass is 16.5. The summed E-state index contributed by atoms with van der Waals surface area (Å²) in [6.07, 6.45) is 1.82. The number of carbonyl (C=O) groups is 1. The van der Waals surface area contributed by atoms with Gasteiger partial charge in [-0.3, -0.25) is 4.79 Å². The van der Waals surface area contributed by atoms with E-state index in [9.17, 15) is 4.79 Å². The van der Waals surface area contributed by atoms with E-state index in [0.29, 0.717) is 28.4 Å². The summed E-state index contributed by atoms with van der Waals surface area (Å²) in [6, 6.07) is 10.8. The second kappa shape index (κ2) is 8.24. The third-order valence-corrected chi connectivity index (χ3v) is 3.78. The number of allylic oxidation sites excluding steroid dienone is 1. The standard InChI is InChI=1S/C20H22O5/c1-13(10-14-6-8-16(22-2)9-7-14)19(21)15-11-17(23-3)20(25-5)18(12-15)24-4/h6-12H,1-5H3. The summed E-state index contributed by atoms with van der Waals surface area (Å²) in [6.45, 7) is 1.77. The Morgan fingerprint density at radius 3 is 1.84 bits per heavy atom. The Morgan fingerprint density at radius 2 is 1.40 bits per heavy atom. The number of ether oxygens (including phenoxy) is 4. The van der Waals surface area contributed by atoms with E-state index in [1.807, 2.05) is 30.3 Å². The van der Waals surface area contributed by atoms with Gasteiger partial charge in [0, 0.05) is 5.56 Å².